The third-order valence-electron chi connectivity index (χ3n) is 1.97. The molecular formula is C11H21NO3. The topological polar surface area (TPSA) is 38.8 Å². The summed E-state index contributed by atoms with van der Waals surface area (Å²) in [6, 6.07) is 0. The monoisotopic (exact) mass is 215 g/mol. The number of carbonyl (C=O) groups is 1. The Balaban J connectivity index is 3.89. The van der Waals surface area contributed by atoms with Crippen molar-refractivity contribution in [1.82, 2.24) is 4.90 Å². The maximum absolute atomic E-state index is 11.3. The quantitative estimate of drug-likeness (QED) is 0.610. The van der Waals surface area contributed by atoms with Crippen LogP contribution < -0.4 is 0 Å². The maximum Gasteiger partial charge on any atom is 0.409 e. The highest BCUT2D eigenvalue weighted by atomic mass is 16.5. The summed E-state index contributed by atoms with van der Waals surface area (Å²) in [5, 5.41) is 0. The van der Waals surface area contributed by atoms with Crippen molar-refractivity contribution in [3.63, 3.8) is 0 Å². The fourth-order valence-corrected chi connectivity index (χ4v) is 1.14. The van der Waals surface area contributed by atoms with E-state index in [1.54, 1.807) is 12.0 Å². The van der Waals surface area contributed by atoms with E-state index in [1.165, 1.54) is 7.11 Å². The van der Waals surface area contributed by atoms with E-state index in [0.29, 0.717) is 19.7 Å². The molecule has 0 unspecified atom stereocenters. The summed E-state index contributed by atoms with van der Waals surface area (Å²) in [4.78, 5) is 12.9. The van der Waals surface area contributed by atoms with Crippen molar-refractivity contribution in [2.75, 3.05) is 33.9 Å². The van der Waals surface area contributed by atoms with Gasteiger partial charge in [-0.15, -0.1) is 0 Å². The molecule has 4 heteroatoms. The second kappa shape index (κ2) is 9.52. The predicted octanol–water partition coefficient (Wildman–Crippen LogP) is 2.06. The number of amides is 1. The van der Waals surface area contributed by atoms with Gasteiger partial charge in [0.2, 0.25) is 0 Å². The van der Waals surface area contributed by atoms with E-state index in [2.05, 4.69) is 23.8 Å². The SMILES string of the molecule is CC/C=C/CCN(CCOC)C(=O)OC. The molecule has 0 saturated heterocycles. The number of methoxy groups -OCH3 is 2. The first kappa shape index (κ1) is 14.0. The molecule has 15 heavy (non-hydrogen) atoms. The van der Waals surface area contributed by atoms with Gasteiger partial charge >= 0.3 is 6.09 Å². The fourth-order valence-electron chi connectivity index (χ4n) is 1.14. The van der Waals surface area contributed by atoms with Gasteiger partial charge in [-0.3, -0.25) is 0 Å². The molecule has 0 heterocycles. The van der Waals surface area contributed by atoms with Crippen LogP contribution in [0, 0.1) is 0 Å². The van der Waals surface area contributed by atoms with Crippen LogP contribution in [-0.4, -0.2) is 44.9 Å². The zero-order valence-corrected chi connectivity index (χ0v) is 9.86. The molecule has 1 amide bonds. The number of hydrogen-bond donors (Lipinski definition) is 0. The van der Waals surface area contributed by atoms with Gasteiger partial charge in [-0.2, -0.15) is 0 Å². The molecule has 4 nitrogen and oxygen atoms in total. The van der Waals surface area contributed by atoms with Crippen molar-refractivity contribution in [2.24, 2.45) is 0 Å². The van der Waals surface area contributed by atoms with E-state index in [4.69, 9.17) is 4.74 Å². The minimum absolute atomic E-state index is 0.294. The first-order chi connectivity index (χ1) is 7.26. The lowest BCUT2D eigenvalue weighted by Gasteiger charge is -2.19. The highest BCUT2D eigenvalue weighted by molar-refractivity contribution is 5.67. The largest absolute Gasteiger partial charge is 0.453 e. The van der Waals surface area contributed by atoms with Crippen molar-refractivity contribution >= 4 is 6.09 Å². The van der Waals surface area contributed by atoms with Gasteiger partial charge in [-0.25, -0.2) is 4.79 Å². The summed E-state index contributed by atoms with van der Waals surface area (Å²) in [5.74, 6) is 0. The van der Waals surface area contributed by atoms with Crippen LogP contribution >= 0.6 is 0 Å². The standard InChI is InChI=1S/C11H21NO3/c1-4-5-6-7-8-12(9-10-14-2)11(13)15-3/h5-6H,4,7-10H2,1-3H3/b6-5+. The predicted molar refractivity (Wildman–Crippen MR) is 59.9 cm³/mol. The van der Waals surface area contributed by atoms with Gasteiger partial charge < -0.3 is 14.4 Å². The van der Waals surface area contributed by atoms with Crippen LogP contribution in [0.25, 0.3) is 0 Å². The molecule has 0 spiro atoms. The Hall–Kier alpha value is -1.03. The highest BCUT2D eigenvalue weighted by Crippen LogP contribution is 1.97. The molecular weight excluding hydrogens is 194 g/mol. The fraction of sp³-hybridized carbons (Fsp3) is 0.727. The van der Waals surface area contributed by atoms with Gasteiger partial charge in [0.1, 0.15) is 0 Å². The lowest BCUT2D eigenvalue weighted by molar-refractivity contribution is 0.104. The Morgan fingerprint density at radius 1 is 1.27 bits per heavy atom. The van der Waals surface area contributed by atoms with Gasteiger partial charge in [0.25, 0.3) is 0 Å². The van der Waals surface area contributed by atoms with Crippen LogP contribution in [0.4, 0.5) is 4.79 Å². The number of allylic oxidation sites excluding steroid dienone is 1. The van der Waals surface area contributed by atoms with E-state index in [-0.39, 0.29) is 6.09 Å². The normalized spacial score (nSPS) is 10.6. The lowest BCUT2D eigenvalue weighted by atomic mass is 10.3. The molecule has 0 aliphatic heterocycles. The lowest BCUT2D eigenvalue weighted by Crippen LogP contribution is -2.34. The molecule has 0 aromatic heterocycles. The van der Waals surface area contributed by atoms with E-state index in [1.807, 2.05) is 0 Å². The van der Waals surface area contributed by atoms with Crippen LogP contribution in [0.5, 0.6) is 0 Å². The van der Waals surface area contributed by atoms with E-state index in [9.17, 15) is 4.79 Å². The average Bonchev–Trinajstić information content (AvgIpc) is 2.27. The van der Waals surface area contributed by atoms with Gasteiger partial charge in [-0.05, 0) is 12.8 Å². The maximum atomic E-state index is 11.3. The molecule has 0 saturated carbocycles. The van der Waals surface area contributed by atoms with Crippen molar-refractivity contribution in [3.05, 3.63) is 12.2 Å². The molecule has 0 rings (SSSR count). The van der Waals surface area contributed by atoms with Crippen molar-refractivity contribution < 1.29 is 14.3 Å². The van der Waals surface area contributed by atoms with Gasteiger partial charge in [-0.1, -0.05) is 19.1 Å². The van der Waals surface area contributed by atoms with Crippen LogP contribution in [0.15, 0.2) is 12.2 Å². The van der Waals surface area contributed by atoms with Crippen LogP contribution in [0.1, 0.15) is 19.8 Å². The molecule has 0 fully saturated rings. The van der Waals surface area contributed by atoms with Gasteiger partial charge in [0, 0.05) is 20.2 Å². The Kier molecular flexibility index (Phi) is 8.87. The summed E-state index contributed by atoms with van der Waals surface area (Å²) in [5.41, 5.74) is 0. The Morgan fingerprint density at radius 3 is 2.53 bits per heavy atom. The summed E-state index contributed by atoms with van der Waals surface area (Å²) in [7, 11) is 3.01. The summed E-state index contributed by atoms with van der Waals surface area (Å²) >= 11 is 0. The second-order valence-corrected chi connectivity index (χ2v) is 3.12. The first-order valence-corrected chi connectivity index (χ1v) is 5.23. The van der Waals surface area contributed by atoms with Crippen molar-refractivity contribution in [1.29, 1.82) is 0 Å². The Morgan fingerprint density at radius 2 is 2.00 bits per heavy atom. The molecule has 0 radical (unpaired) electrons. The Labute approximate surface area is 91.8 Å². The molecule has 0 N–H and O–H groups in total. The summed E-state index contributed by atoms with van der Waals surface area (Å²) < 4.78 is 9.60. The third-order valence-corrected chi connectivity index (χ3v) is 1.97. The molecule has 0 aliphatic rings. The molecule has 0 bridgehead atoms. The van der Waals surface area contributed by atoms with E-state index < -0.39 is 0 Å². The average molecular weight is 215 g/mol. The summed E-state index contributed by atoms with van der Waals surface area (Å²) in [6.45, 7) is 3.86. The van der Waals surface area contributed by atoms with E-state index in [0.717, 1.165) is 12.8 Å². The molecule has 0 aromatic rings. The number of nitrogens with zero attached hydrogens (tertiary/aromatic N) is 1. The minimum atomic E-state index is -0.294. The molecule has 0 aromatic carbocycles. The van der Waals surface area contributed by atoms with Crippen LogP contribution in [-0.2, 0) is 9.47 Å². The van der Waals surface area contributed by atoms with Crippen LogP contribution in [0.2, 0.25) is 0 Å². The highest BCUT2D eigenvalue weighted by Gasteiger charge is 2.11. The molecule has 0 atom stereocenters. The molecule has 88 valence electrons. The number of rotatable bonds is 7. The zero-order chi connectivity index (χ0) is 11.5. The summed E-state index contributed by atoms with van der Waals surface area (Å²) in [6.07, 6.45) is 5.74. The molecule has 0 aliphatic carbocycles. The number of ether oxygens (including phenoxy) is 2. The number of hydrogen-bond acceptors (Lipinski definition) is 3. The second-order valence-electron chi connectivity index (χ2n) is 3.12. The third kappa shape index (κ3) is 6.96. The zero-order valence-electron chi connectivity index (χ0n) is 9.86. The Bertz CT molecular complexity index is 192. The van der Waals surface area contributed by atoms with Crippen molar-refractivity contribution in [2.45, 2.75) is 19.8 Å². The van der Waals surface area contributed by atoms with Crippen LogP contribution in [0.3, 0.4) is 0 Å². The van der Waals surface area contributed by atoms with E-state index >= 15 is 0 Å². The first-order valence-electron chi connectivity index (χ1n) is 5.23. The van der Waals surface area contributed by atoms with Gasteiger partial charge in [0.15, 0.2) is 0 Å². The van der Waals surface area contributed by atoms with Crippen molar-refractivity contribution in [3.8, 4) is 0 Å². The minimum Gasteiger partial charge on any atom is -0.453 e. The number of carbonyl (C=O) groups excluding carboxylic acids is 1. The van der Waals surface area contributed by atoms with Gasteiger partial charge in [0.05, 0.1) is 13.7 Å². The smallest absolute Gasteiger partial charge is 0.409 e.